The van der Waals surface area contributed by atoms with E-state index in [-0.39, 0.29) is 5.84 Å². The molecule has 1 aliphatic heterocycles. The van der Waals surface area contributed by atoms with Crippen molar-refractivity contribution in [2.45, 2.75) is 26.3 Å². The fraction of sp³-hybridized carbons (Fsp3) is 0.500. The maximum atomic E-state index is 8.78. The molecule has 1 aliphatic rings. The summed E-state index contributed by atoms with van der Waals surface area (Å²) in [5.74, 6) is 0.720. The molecule has 0 aromatic carbocycles. The highest BCUT2D eigenvalue weighted by Crippen LogP contribution is 2.30. The largest absolute Gasteiger partial charge is 0.409 e. The van der Waals surface area contributed by atoms with Crippen LogP contribution in [0.15, 0.2) is 23.5 Å². The second kappa shape index (κ2) is 4.61. The first-order valence-electron chi connectivity index (χ1n) is 5.83. The van der Waals surface area contributed by atoms with Gasteiger partial charge in [0.1, 0.15) is 5.69 Å². The van der Waals surface area contributed by atoms with Crippen molar-refractivity contribution < 1.29 is 5.21 Å². The third-order valence-corrected chi connectivity index (χ3v) is 3.23. The molecule has 92 valence electrons. The molecular formula is C12H18N4O. The van der Waals surface area contributed by atoms with E-state index in [0.717, 1.165) is 18.7 Å². The van der Waals surface area contributed by atoms with Crippen molar-refractivity contribution in [1.29, 1.82) is 0 Å². The van der Waals surface area contributed by atoms with Gasteiger partial charge in [0.25, 0.3) is 0 Å². The number of nitrogens with zero attached hydrogens (tertiary/aromatic N) is 3. The van der Waals surface area contributed by atoms with E-state index >= 15 is 0 Å². The predicted molar refractivity (Wildman–Crippen MR) is 67.3 cm³/mol. The Bertz CT molecular complexity index is 432. The Morgan fingerprint density at radius 3 is 2.94 bits per heavy atom. The second-order valence-corrected chi connectivity index (χ2v) is 4.70. The SMILES string of the molecule is CC1CC(C)N(c2cccnc2/C(N)=N/O)C1. The third kappa shape index (κ3) is 2.18. The van der Waals surface area contributed by atoms with Crippen LogP contribution in [0.25, 0.3) is 0 Å². The number of nitrogens with two attached hydrogens (primary N) is 1. The molecule has 2 atom stereocenters. The number of anilines is 1. The van der Waals surface area contributed by atoms with Crippen molar-refractivity contribution in [3.8, 4) is 0 Å². The van der Waals surface area contributed by atoms with Crippen LogP contribution in [0.4, 0.5) is 5.69 Å². The summed E-state index contributed by atoms with van der Waals surface area (Å²) in [5, 5.41) is 11.8. The van der Waals surface area contributed by atoms with Gasteiger partial charge in [-0.3, -0.25) is 4.98 Å². The molecule has 2 unspecified atom stereocenters. The number of aromatic nitrogens is 1. The normalized spacial score (nSPS) is 25.3. The summed E-state index contributed by atoms with van der Waals surface area (Å²) in [6.45, 7) is 5.40. The lowest BCUT2D eigenvalue weighted by molar-refractivity contribution is 0.318. The van der Waals surface area contributed by atoms with Crippen molar-refractivity contribution in [2.75, 3.05) is 11.4 Å². The van der Waals surface area contributed by atoms with E-state index in [2.05, 4.69) is 28.9 Å². The maximum absolute atomic E-state index is 8.78. The molecular weight excluding hydrogens is 216 g/mol. The quantitative estimate of drug-likeness (QED) is 0.351. The molecule has 1 aromatic heterocycles. The highest BCUT2D eigenvalue weighted by atomic mass is 16.4. The van der Waals surface area contributed by atoms with E-state index < -0.39 is 0 Å². The van der Waals surface area contributed by atoms with Crippen molar-refractivity contribution in [3.05, 3.63) is 24.0 Å². The lowest BCUT2D eigenvalue weighted by Gasteiger charge is -2.25. The van der Waals surface area contributed by atoms with E-state index in [9.17, 15) is 0 Å². The van der Waals surface area contributed by atoms with Crippen LogP contribution in [0.1, 0.15) is 26.0 Å². The molecule has 0 amide bonds. The van der Waals surface area contributed by atoms with Crippen molar-refractivity contribution in [2.24, 2.45) is 16.8 Å². The molecule has 3 N–H and O–H groups in total. The standard InChI is InChI=1S/C12H18N4O/c1-8-6-9(2)16(7-8)10-4-3-5-14-11(10)12(13)15-17/h3-5,8-9,17H,6-7H2,1-2H3,(H2,13,15). The Balaban J connectivity index is 2.39. The zero-order chi connectivity index (χ0) is 12.4. The van der Waals surface area contributed by atoms with Gasteiger partial charge in [-0.15, -0.1) is 0 Å². The van der Waals surface area contributed by atoms with Crippen LogP contribution in [0.2, 0.25) is 0 Å². The average molecular weight is 234 g/mol. The maximum Gasteiger partial charge on any atom is 0.190 e. The van der Waals surface area contributed by atoms with Crippen LogP contribution in [0.5, 0.6) is 0 Å². The number of hydrogen-bond acceptors (Lipinski definition) is 4. The molecule has 2 heterocycles. The topological polar surface area (TPSA) is 74.7 Å². The Kier molecular flexibility index (Phi) is 3.17. The molecule has 0 radical (unpaired) electrons. The lowest BCUT2D eigenvalue weighted by atomic mass is 10.1. The van der Waals surface area contributed by atoms with Crippen molar-refractivity contribution in [1.82, 2.24) is 4.98 Å². The van der Waals surface area contributed by atoms with Gasteiger partial charge >= 0.3 is 0 Å². The van der Waals surface area contributed by atoms with Gasteiger partial charge in [0, 0.05) is 18.8 Å². The number of oxime groups is 1. The van der Waals surface area contributed by atoms with Crippen LogP contribution in [-0.2, 0) is 0 Å². The fourth-order valence-electron chi connectivity index (χ4n) is 2.51. The van der Waals surface area contributed by atoms with Crippen LogP contribution >= 0.6 is 0 Å². The van der Waals surface area contributed by atoms with E-state index in [4.69, 9.17) is 10.9 Å². The first-order chi connectivity index (χ1) is 8.13. The number of amidine groups is 1. The lowest BCUT2D eigenvalue weighted by Crippen LogP contribution is -2.30. The van der Waals surface area contributed by atoms with Gasteiger partial charge in [-0.25, -0.2) is 0 Å². The van der Waals surface area contributed by atoms with E-state index in [0.29, 0.717) is 17.7 Å². The Morgan fingerprint density at radius 2 is 2.35 bits per heavy atom. The van der Waals surface area contributed by atoms with E-state index in [1.54, 1.807) is 6.20 Å². The van der Waals surface area contributed by atoms with Gasteiger partial charge in [-0.05, 0) is 31.4 Å². The summed E-state index contributed by atoms with van der Waals surface area (Å²) in [6.07, 6.45) is 2.81. The molecule has 0 saturated carbocycles. The van der Waals surface area contributed by atoms with Gasteiger partial charge in [-0.1, -0.05) is 12.1 Å². The summed E-state index contributed by atoms with van der Waals surface area (Å²) in [7, 11) is 0. The fourth-order valence-corrected chi connectivity index (χ4v) is 2.51. The number of hydrogen-bond donors (Lipinski definition) is 2. The second-order valence-electron chi connectivity index (χ2n) is 4.70. The van der Waals surface area contributed by atoms with Crippen LogP contribution < -0.4 is 10.6 Å². The van der Waals surface area contributed by atoms with E-state index in [1.165, 1.54) is 0 Å². The van der Waals surface area contributed by atoms with Gasteiger partial charge in [0.15, 0.2) is 5.84 Å². The first-order valence-corrected chi connectivity index (χ1v) is 5.83. The molecule has 0 bridgehead atoms. The van der Waals surface area contributed by atoms with Crippen molar-refractivity contribution in [3.63, 3.8) is 0 Å². The smallest absolute Gasteiger partial charge is 0.190 e. The highest BCUT2D eigenvalue weighted by Gasteiger charge is 2.28. The summed E-state index contributed by atoms with van der Waals surface area (Å²) in [6, 6.07) is 4.30. The van der Waals surface area contributed by atoms with Gasteiger partial charge in [0.2, 0.25) is 0 Å². The zero-order valence-corrected chi connectivity index (χ0v) is 10.2. The summed E-state index contributed by atoms with van der Waals surface area (Å²) >= 11 is 0. The minimum absolute atomic E-state index is 0.0624. The summed E-state index contributed by atoms with van der Waals surface area (Å²) < 4.78 is 0. The molecule has 2 rings (SSSR count). The van der Waals surface area contributed by atoms with Crippen LogP contribution in [0, 0.1) is 5.92 Å². The highest BCUT2D eigenvalue weighted by molar-refractivity contribution is 6.00. The van der Waals surface area contributed by atoms with E-state index in [1.807, 2.05) is 12.1 Å². The Morgan fingerprint density at radius 1 is 1.59 bits per heavy atom. The minimum Gasteiger partial charge on any atom is -0.409 e. The molecule has 5 nitrogen and oxygen atoms in total. The molecule has 1 fully saturated rings. The summed E-state index contributed by atoms with van der Waals surface area (Å²) in [4.78, 5) is 6.46. The first kappa shape index (κ1) is 11.7. The Labute approximate surface area is 101 Å². The molecule has 0 spiro atoms. The molecule has 1 aromatic rings. The monoisotopic (exact) mass is 234 g/mol. The van der Waals surface area contributed by atoms with Gasteiger partial charge in [0.05, 0.1) is 5.69 Å². The predicted octanol–water partition coefficient (Wildman–Crippen LogP) is 1.41. The summed E-state index contributed by atoms with van der Waals surface area (Å²) in [5.41, 5.74) is 7.15. The average Bonchev–Trinajstić information content (AvgIpc) is 2.67. The molecule has 0 aliphatic carbocycles. The Hall–Kier alpha value is -1.78. The van der Waals surface area contributed by atoms with Gasteiger partial charge < -0.3 is 15.8 Å². The zero-order valence-electron chi connectivity index (χ0n) is 10.2. The van der Waals surface area contributed by atoms with Gasteiger partial charge in [-0.2, -0.15) is 0 Å². The van der Waals surface area contributed by atoms with Crippen LogP contribution in [0.3, 0.4) is 0 Å². The molecule has 17 heavy (non-hydrogen) atoms. The molecule has 1 saturated heterocycles. The number of rotatable bonds is 2. The molecule has 5 heteroatoms. The van der Waals surface area contributed by atoms with Crippen molar-refractivity contribution >= 4 is 11.5 Å². The third-order valence-electron chi connectivity index (χ3n) is 3.23. The number of pyridine rings is 1. The van der Waals surface area contributed by atoms with Crippen LogP contribution in [-0.4, -0.2) is 28.6 Å². The minimum atomic E-state index is 0.0624.